The molecule has 0 fully saturated rings. The van der Waals surface area contributed by atoms with Gasteiger partial charge in [-0.2, -0.15) is 0 Å². The predicted octanol–water partition coefficient (Wildman–Crippen LogP) is 2.30. The first kappa shape index (κ1) is 12.8. The van der Waals surface area contributed by atoms with Gasteiger partial charge in [0.25, 0.3) is 0 Å². The number of aryl methyl sites for hydroxylation is 2. The Bertz CT molecular complexity index is 579. The maximum Gasteiger partial charge on any atom is 0.246 e. The van der Waals surface area contributed by atoms with Crippen LogP contribution in [0.25, 0.3) is 0 Å². The van der Waals surface area contributed by atoms with Gasteiger partial charge in [-0.25, -0.2) is 4.68 Å². The van der Waals surface area contributed by atoms with E-state index in [1.54, 1.807) is 6.20 Å². The Balaban J connectivity index is 2.00. The number of halogens is 1. The normalized spacial score (nSPS) is 10.4. The van der Waals surface area contributed by atoms with Crippen molar-refractivity contribution in [3.63, 3.8) is 0 Å². The molecule has 6 heteroatoms. The fraction of sp³-hybridized carbons (Fsp3) is 0.250. The number of carbonyl (C=O) groups is 1. The average Bonchev–Trinajstić information content (AvgIpc) is 2.69. The Hall–Kier alpha value is -1.69. The zero-order chi connectivity index (χ0) is 13.1. The standard InChI is InChI=1S/C12H13BrN4O/c1-8-5-10(3-4-11(8)13)14-12(18)7-17-6-9(2)15-16-17/h3-6H,7H2,1-2H3,(H,14,18). The van der Waals surface area contributed by atoms with E-state index in [-0.39, 0.29) is 12.5 Å². The molecule has 0 aliphatic heterocycles. The van der Waals surface area contributed by atoms with Crippen LogP contribution in [0.2, 0.25) is 0 Å². The summed E-state index contributed by atoms with van der Waals surface area (Å²) in [5.41, 5.74) is 2.64. The second-order valence-electron chi connectivity index (χ2n) is 4.07. The van der Waals surface area contributed by atoms with E-state index in [2.05, 4.69) is 31.6 Å². The molecule has 2 aromatic rings. The molecule has 0 spiro atoms. The van der Waals surface area contributed by atoms with Crippen LogP contribution in [0.15, 0.2) is 28.9 Å². The largest absolute Gasteiger partial charge is 0.324 e. The first-order valence-electron chi connectivity index (χ1n) is 5.47. The number of hydrogen-bond donors (Lipinski definition) is 1. The molecule has 0 saturated carbocycles. The minimum absolute atomic E-state index is 0.123. The van der Waals surface area contributed by atoms with Gasteiger partial charge in [0, 0.05) is 16.4 Å². The summed E-state index contributed by atoms with van der Waals surface area (Å²) in [7, 11) is 0. The van der Waals surface area contributed by atoms with E-state index in [4.69, 9.17) is 0 Å². The number of aromatic nitrogens is 3. The van der Waals surface area contributed by atoms with Crippen molar-refractivity contribution >= 4 is 27.5 Å². The maximum absolute atomic E-state index is 11.8. The van der Waals surface area contributed by atoms with Crippen molar-refractivity contribution in [2.45, 2.75) is 20.4 Å². The van der Waals surface area contributed by atoms with Crippen LogP contribution in [0.1, 0.15) is 11.3 Å². The van der Waals surface area contributed by atoms with Crippen LogP contribution in [0, 0.1) is 13.8 Å². The first-order chi connectivity index (χ1) is 8.54. The number of anilines is 1. The van der Waals surface area contributed by atoms with Gasteiger partial charge in [0.15, 0.2) is 0 Å². The molecule has 1 aromatic heterocycles. The van der Waals surface area contributed by atoms with Crippen molar-refractivity contribution < 1.29 is 4.79 Å². The number of amides is 1. The Morgan fingerprint density at radius 2 is 2.22 bits per heavy atom. The van der Waals surface area contributed by atoms with E-state index >= 15 is 0 Å². The van der Waals surface area contributed by atoms with Crippen LogP contribution in [0.4, 0.5) is 5.69 Å². The third kappa shape index (κ3) is 3.16. The molecule has 1 heterocycles. The highest BCUT2D eigenvalue weighted by molar-refractivity contribution is 9.10. The minimum Gasteiger partial charge on any atom is -0.324 e. The molecule has 0 saturated heterocycles. The lowest BCUT2D eigenvalue weighted by molar-refractivity contribution is -0.116. The minimum atomic E-state index is -0.123. The van der Waals surface area contributed by atoms with Crippen molar-refractivity contribution in [1.29, 1.82) is 0 Å². The summed E-state index contributed by atoms with van der Waals surface area (Å²) in [6, 6.07) is 5.67. The van der Waals surface area contributed by atoms with Crippen LogP contribution in [-0.4, -0.2) is 20.9 Å². The molecule has 18 heavy (non-hydrogen) atoms. The lowest BCUT2D eigenvalue weighted by Crippen LogP contribution is -2.19. The van der Waals surface area contributed by atoms with Gasteiger partial charge in [0.1, 0.15) is 6.54 Å². The monoisotopic (exact) mass is 308 g/mol. The molecule has 0 bridgehead atoms. The predicted molar refractivity (Wildman–Crippen MR) is 72.3 cm³/mol. The molecule has 0 unspecified atom stereocenters. The van der Waals surface area contributed by atoms with Crippen LogP contribution in [0.5, 0.6) is 0 Å². The molecule has 5 nitrogen and oxygen atoms in total. The van der Waals surface area contributed by atoms with Crippen molar-refractivity contribution in [2.24, 2.45) is 0 Å². The molecule has 0 atom stereocenters. The van der Waals surface area contributed by atoms with Gasteiger partial charge in [-0.1, -0.05) is 21.1 Å². The third-order valence-electron chi connectivity index (χ3n) is 2.40. The second-order valence-corrected chi connectivity index (χ2v) is 4.92. The molecule has 1 N–H and O–H groups in total. The van der Waals surface area contributed by atoms with Crippen LogP contribution < -0.4 is 5.32 Å². The van der Waals surface area contributed by atoms with Gasteiger partial charge in [-0.05, 0) is 37.6 Å². The highest BCUT2D eigenvalue weighted by atomic mass is 79.9. The molecule has 0 aliphatic rings. The molecular formula is C12H13BrN4O. The van der Waals surface area contributed by atoms with E-state index in [1.165, 1.54) is 4.68 Å². The molecule has 1 aromatic carbocycles. The van der Waals surface area contributed by atoms with Gasteiger partial charge in [0.2, 0.25) is 5.91 Å². The number of nitrogens with zero attached hydrogens (tertiary/aromatic N) is 3. The summed E-state index contributed by atoms with van der Waals surface area (Å²) in [6.07, 6.45) is 1.73. The van der Waals surface area contributed by atoms with Gasteiger partial charge in [-0.15, -0.1) is 5.10 Å². The maximum atomic E-state index is 11.8. The van der Waals surface area contributed by atoms with E-state index in [9.17, 15) is 4.79 Å². The summed E-state index contributed by atoms with van der Waals surface area (Å²) < 4.78 is 2.53. The van der Waals surface area contributed by atoms with Gasteiger partial charge >= 0.3 is 0 Å². The summed E-state index contributed by atoms with van der Waals surface area (Å²) in [5.74, 6) is -0.123. The molecular weight excluding hydrogens is 296 g/mol. The third-order valence-corrected chi connectivity index (χ3v) is 3.29. The van der Waals surface area contributed by atoms with E-state index in [0.717, 1.165) is 21.4 Å². The molecule has 2 rings (SSSR count). The fourth-order valence-corrected chi connectivity index (χ4v) is 1.79. The SMILES string of the molecule is Cc1cn(CC(=O)Nc2ccc(Br)c(C)c2)nn1. The van der Waals surface area contributed by atoms with Crippen LogP contribution in [0.3, 0.4) is 0 Å². The average molecular weight is 309 g/mol. The first-order valence-corrected chi connectivity index (χ1v) is 6.26. The van der Waals surface area contributed by atoms with Crippen molar-refractivity contribution in [3.05, 3.63) is 40.1 Å². The Kier molecular flexibility index (Phi) is 3.76. The van der Waals surface area contributed by atoms with Crippen LogP contribution in [-0.2, 0) is 11.3 Å². The van der Waals surface area contributed by atoms with Crippen molar-refractivity contribution in [3.8, 4) is 0 Å². The number of rotatable bonds is 3. The fourth-order valence-electron chi connectivity index (χ4n) is 1.54. The topological polar surface area (TPSA) is 59.8 Å². The van der Waals surface area contributed by atoms with Gasteiger partial charge < -0.3 is 5.32 Å². The van der Waals surface area contributed by atoms with E-state index < -0.39 is 0 Å². The highest BCUT2D eigenvalue weighted by Gasteiger charge is 2.06. The zero-order valence-electron chi connectivity index (χ0n) is 10.1. The number of benzene rings is 1. The second kappa shape index (κ2) is 5.30. The summed E-state index contributed by atoms with van der Waals surface area (Å²) in [5, 5.41) is 10.5. The number of carbonyl (C=O) groups excluding carboxylic acids is 1. The van der Waals surface area contributed by atoms with Crippen molar-refractivity contribution in [1.82, 2.24) is 15.0 Å². The van der Waals surface area contributed by atoms with E-state index in [0.29, 0.717) is 0 Å². The molecule has 0 radical (unpaired) electrons. The summed E-state index contributed by atoms with van der Waals surface area (Å²) in [6.45, 7) is 3.97. The smallest absolute Gasteiger partial charge is 0.246 e. The number of nitrogens with one attached hydrogen (secondary N) is 1. The summed E-state index contributed by atoms with van der Waals surface area (Å²) >= 11 is 3.42. The Labute approximate surface area is 113 Å². The van der Waals surface area contributed by atoms with Gasteiger partial charge in [-0.3, -0.25) is 4.79 Å². The molecule has 0 aliphatic carbocycles. The van der Waals surface area contributed by atoms with E-state index in [1.807, 2.05) is 32.0 Å². The lowest BCUT2D eigenvalue weighted by Gasteiger charge is -2.06. The van der Waals surface area contributed by atoms with Gasteiger partial charge in [0.05, 0.1) is 5.69 Å². The highest BCUT2D eigenvalue weighted by Crippen LogP contribution is 2.19. The number of hydrogen-bond acceptors (Lipinski definition) is 3. The molecule has 1 amide bonds. The Morgan fingerprint density at radius 3 is 2.83 bits per heavy atom. The van der Waals surface area contributed by atoms with Crippen LogP contribution >= 0.6 is 15.9 Å². The quantitative estimate of drug-likeness (QED) is 0.946. The lowest BCUT2D eigenvalue weighted by atomic mass is 10.2. The van der Waals surface area contributed by atoms with Crippen molar-refractivity contribution in [2.75, 3.05) is 5.32 Å². The Morgan fingerprint density at radius 1 is 1.44 bits per heavy atom. The molecule has 94 valence electrons. The zero-order valence-corrected chi connectivity index (χ0v) is 11.7. The summed E-state index contributed by atoms with van der Waals surface area (Å²) in [4.78, 5) is 11.8.